The van der Waals surface area contributed by atoms with Gasteiger partial charge in [0, 0.05) is 10.2 Å². The third kappa shape index (κ3) is 2.46. The van der Waals surface area contributed by atoms with Crippen LogP contribution in [0.4, 0.5) is 0 Å². The number of aryl methyl sites for hydroxylation is 1. The minimum absolute atomic E-state index is 0.338. The van der Waals surface area contributed by atoms with Crippen LogP contribution in [0.25, 0.3) is 0 Å². The summed E-state index contributed by atoms with van der Waals surface area (Å²) in [4.78, 5) is 0. The van der Waals surface area contributed by atoms with Crippen molar-refractivity contribution in [3.05, 3.63) is 35.4 Å². The van der Waals surface area contributed by atoms with Crippen molar-refractivity contribution < 1.29 is 5.11 Å². The molecule has 1 atom stereocenters. The van der Waals surface area contributed by atoms with Gasteiger partial charge in [-0.3, -0.25) is 0 Å². The van der Waals surface area contributed by atoms with Crippen molar-refractivity contribution in [3.63, 3.8) is 0 Å². The van der Waals surface area contributed by atoms with Gasteiger partial charge in [-0.25, -0.2) is 0 Å². The van der Waals surface area contributed by atoms with Crippen molar-refractivity contribution >= 4 is 10.2 Å². The number of aliphatic hydroxyl groups excluding tert-OH is 1. The Morgan fingerprint density at radius 2 is 1.92 bits per heavy atom. The highest BCUT2D eigenvalue weighted by Crippen LogP contribution is 2.13. The van der Waals surface area contributed by atoms with E-state index < -0.39 is 0 Å². The summed E-state index contributed by atoms with van der Waals surface area (Å²) in [6.45, 7) is 1.79. The fraction of sp³-hybridized carbons (Fsp3) is 0.400. The van der Waals surface area contributed by atoms with Gasteiger partial charge in [0.05, 0.1) is 6.10 Å². The number of aliphatic hydroxyl groups is 1. The highest BCUT2D eigenvalue weighted by molar-refractivity contribution is 6.08. The van der Waals surface area contributed by atoms with Gasteiger partial charge in [-0.05, 0) is 24.5 Å². The van der Waals surface area contributed by atoms with E-state index in [1.807, 2.05) is 12.1 Å². The van der Waals surface area contributed by atoms with Crippen LogP contribution in [0.1, 0.15) is 24.2 Å². The minimum Gasteiger partial charge on any atom is -0.389 e. The summed E-state index contributed by atoms with van der Waals surface area (Å²) in [5.74, 6) is 0. The van der Waals surface area contributed by atoms with Crippen LogP contribution in [0.15, 0.2) is 24.3 Å². The Bertz CT molecular complexity index is 228. The van der Waals surface area contributed by atoms with Crippen LogP contribution in [-0.4, -0.2) is 15.3 Å². The van der Waals surface area contributed by atoms with Gasteiger partial charge in [0.15, 0.2) is 0 Å². The lowest BCUT2D eigenvalue weighted by Crippen LogP contribution is -1.91. The molecular weight excluding hydrogens is 164 g/mol. The summed E-state index contributed by atoms with van der Waals surface area (Å²) in [6.07, 6.45) is 0.849. The second kappa shape index (κ2) is 4.43. The normalized spacial score (nSPS) is 13.2. The Labute approximate surface area is 76.9 Å². The molecule has 0 amide bonds. The molecule has 0 fully saturated rings. The standard InChI is InChI=1S/C10H16OSi/c1-8(11)10-4-2-9(3-5-10)6-7-12/h2-5,8,11H,6-7H2,1,12H3. The molecule has 0 bridgehead atoms. The maximum absolute atomic E-state index is 9.25. The molecule has 0 spiro atoms. The van der Waals surface area contributed by atoms with Gasteiger partial charge in [-0.2, -0.15) is 0 Å². The maximum atomic E-state index is 9.25. The lowest BCUT2D eigenvalue weighted by molar-refractivity contribution is 0.199. The average molecular weight is 180 g/mol. The predicted molar refractivity (Wildman–Crippen MR) is 55.5 cm³/mol. The van der Waals surface area contributed by atoms with Gasteiger partial charge in [0.1, 0.15) is 0 Å². The van der Waals surface area contributed by atoms with Gasteiger partial charge < -0.3 is 5.11 Å². The molecule has 0 aliphatic rings. The van der Waals surface area contributed by atoms with E-state index in [4.69, 9.17) is 0 Å². The number of hydrogen-bond acceptors (Lipinski definition) is 1. The predicted octanol–water partition coefficient (Wildman–Crippen LogP) is 1.07. The van der Waals surface area contributed by atoms with E-state index in [9.17, 15) is 5.11 Å². The van der Waals surface area contributed by atoms with Crippen molar-refractivity contribution in [2.24, 2.45) is 0 Å². The van der Waals surface area contributed by atoms with Gasteiger partial charge >= 0.3 is 0 Å². The van der Waals surface area contributed by atoms with Crippen LogP contribution in [0.2, 0.25) is 6.04 Å². The fourth-order valence-corrected chi connectivity index (χ4v) is 1.83. The quantitative estimate of drug-likeness (QED) is 0.690. The summed E-state index contributed by atoms with van der Waals surface area (Å²) in [6, 6.07) is 9.56. The van der Waals surface area contributed by atoms with Crippen LogP contribution < -0.4 is 0 Å². The second-order valence-corrected chi connectivity index (χ2v) is 4.17. The molecule has 2 heteroatoms. The molecular formula is C10H16OSi. The van der Waals surface area contributed by atoms with Crippen LogP contribution in [0.3, 0.4) is 0 Å². The molecule has 0 saturated carbocycles. The monoisotopic (exact) mass is 180 g/mol. The first-order chi connectivity index (χ1) is 5.74. The Morgan fingerprint density at radius 3 is 2.33 bits per heavy atom. The molecule has 0 radical (unpaired) electrons. The molecule has 12 heavy (non-hydrogen) atoms. The van der Waals surface area contributed by atoms with E-state index >= 15 is 0 Å². The smallest absolute Gasteiger partial charge is 0.0761 e. The Hall–Kier alpha value is -0.603. The Balaban J connectivity index is 2.71. The van der Waals surface area contributed by atoms with Crippen LogP contribution in [-0.2, 0) is 6.42 Å². The Kier molecular flexibility index (Phi) is 3.50. The molecule has 1 rings (SSSR count). The Morgan fingerprint density at radius 1 is 1.33 bits per heavy atom. The SMILES string of the molecule is CC(O)c1ccc(CC[SiH3])cc1. The third-order valence-electron chi connectivity index (χ3n) is 2.00. The molecule has 0 heterocycles. The summed E-state index contributed by atoms with van der Waals surface area (Å²) in [5, 5.41) is 9.25. The topological polar surface area (TPSA) is 20.2 Å². The maximum Gasteiger partial charge on any atom is 0.0761 e. The molecule has 1 N–H and O–H groups in total. The van der Waals surface area contributed by atoms with Gasteiger partial charge in [0.2, 0.25) is 0 Å². The van der Waals surface area contributed by atoms with E-state index in [-0.39, 0.29) is 6.10 Å². The van der Waals surface area contributed by atoms with E-state index in [2.05, 4.69) is 12.1 Å². The average Bonchev–Trinajstić information content (AvgIpc) is 2.06. The molecule has 0 aliphatic heterocycles. The summed E-state index contributed by atoms with van der Waals surface area (Å²) >= 11 is 0. The molecule has 0 saturated heterocycles. The van der Waals surface area contributed by atoms with E-state index in [0.29, 0.717) is 0 Å². The van der Waals surface area contributed by atoms with E-state index in [0.717, 1.165) is 5.56 Å². The van der Waals surface area contributed by atoms with Crippen LogP contribution >= 0.6 is 0 Å². The molecule has 1 aromatic carbocycles. The van der Waals surface area contributed by atoms with Crippen molar-refractivity contribution in [1.29, 1.82) is 0 Å². The summed E-state index contributed by atoms with van der Waals surface area (Å²) in [7, 11) is 1.27. The van der Waals surface area contributed by atoms with E-state index in [1.165, 1.54) is 28.3 Å². The minimum atomic E-state index is -0.338. The fourth-order valence-electron chi connectivity index (χ4n) is 1.25. The largest absolute Gasteiger partial charge is 0.389 e. The van der Waals surface area contributed by atoms with Gasteiger partial charge in [-0.1, -0.05) is 30.3 Å². The zero-order chi connectivity index (χ0) is 8.97. The molecule has 1 unspecified atom stereocenters. The molecule has 0 aliphatic carbocycles. The lowest BCUT2D eigenvalue weighted by Gasteiger charge is -2.05. The molecule has 0 aromatic heterocycles. The number of rotatable bonds is 3. The zero-order valence-electron chi connectivity index (χ0n) is 7.75. The van der Waals surface area contributed by atoms with Gasteiger partial charge in [-0.15, -0.1) is 0 Å². The second-order valence-electron chi connectivity index (χ2n) is 3.17. The van der Waals surface area contributed by atoms with Crippen molar-refractivity contribution in [2.75, 3.05) is 0 Å². The zero-order valence-corrected chi connectivity index (χ0v) is 9.75. The first-order valence-corrected chi connectivity index (χ1v) is 5.92. The molecule has 1 aromatic rings. The summed E-state index contributed by atoms with van der Waals surface area (Å²) < 4.78 is 0. The first-order valence-electron chi connectivity index (χ1n) is 4.51. The van der Waals surface area contributed by atoms with Crippen molar-refractivity contribution in [1.82, 2.24) is 0 Å². The van der Waals surface area contributed by atoms with Gasteiger partial charge in [0.25, 0.3) is 0 Å². The highest BCUT2D eigenvalue weighted by Gasteiger charge is 1.98. The molecule has 1 nitrogen and oxygen atoms in total. The van der Waals surface area contributed by atoms with E-state index in [1.54, 1.807) is 6.92 Å². The van der Waals surface area contributed by atoms with Crippen LogP contribution in [0, 0.1) is 0 Å². The van der Waals surface area contributed by atoms with Crippen LogP contribution in [0.5, 0.6) is 0 Å². The summed E-state index contributed by atoms with van der Waals surface area (Å²) in [5.41, 5.74) is 2.39. The molecule has 66 valence electrons. The highest BCUT2D eigenvalue weighted by atomic mass is 28.1. The number of benzene rings is 1. The third-order valence-corrected chi connectivity index (χ3v) is 2.50. The first kappa shape index (κ1) is 9.48. The number of hydrogen-bond donors (Lipinski definition) is 1. The van der Waals surface area contributed by atoms with Crippen molar-refractivity contribution in [3.8, 4) is 0 Å². The van der Waals surface area contributed by atoms with Crippen molar-refractivity contribution in [2.45, 2.75) is 25.5 Å². The lowest BCUT2D eigenvalue weighted by atomic mass is 10.1.